The summed E-state index contributed by atoms with van der Waals surface area (Å²) in [5.41, 5.74) is 1.06. The third-order valence-corrected chi connectivity index (χ3v) is 12.2. The van der Waals surface area contributed by atoms with Gasteiger partial charge in [0, 0.05) is 6.92 Å². The molecule has 190 valence electrons. The van der Waals surface area contributed by atoms with E-state index in [2.05, 4.69) is 41.5 Å². The molecule has 0 aliphatic heterocycles. The van der Waals surface area contributed by atoms with Crippen LogP contribution in [0.25, 0.3) is 0 Å². The third kappa shape index (κ3) is 4.67. The van der Waals surface area contributed by atoms with E-state index in [0.29, 0.717) is 10.8 Å². The Morgan fingerprint density at radius 3 is 2.27 bits per heavy atom. The highest BCUT2D eigenvalue weighted by molar-refractivity contribution is 5.66. The van der Waals surface area contributed by atoms with Crippen LogP contribution < -0.4 is 0 Å². The average Bonchev–Trinajstić information content (AvgIpc) is 3.11. The van der Waals surface area contributed by atoms with E-state index in [-0.39, 0.29) is 12.1 Å². The second-order valence-electron chi connectivity index (χ2n) is 13.9. The Bertz CT molecular complexity index is 684. The van der Waals surface area contributed by atoms with E-state index in [1.54, 1.807) is 6.92 Å². The van der Waals surface area contributed by atoms with Crippen LogP contribution >= 0.6 is 0 Å². The highest BCUT2D eigenvalue weighted by Crippen LogP contribution is 2.68. The number of hydrogen-bond donors (Lipinski definition) is 0. The minimum atomic E-state index is -0.0875. The molecule has 0 bridgehead atoms. The molecule has 0 radical (unpaired) electrons. The van der Waals surface area contributed by atoms with Gasteiger partial charge in [0.1, 0.15) is 6.10 Å². The van der Waals surface area contributed by atoms with Crippen molar-refractivity contribution in [3.8, 4) is 0 Å². The van der Waals surface area contributed by atoms with Crippen molar-refractivity contribution in [1.82, 2.24) is 0 Å². The lowest BCUT2D eigenvalue weighted by Crippen LogP contribution is -2.54. The maximum Gasteiger partial charge on any atom is 0.302 e. The number of hydrogen-bond acceptors (Lipinski definition) is 2. The van der Waals surface area contributed by atoms with E-state index in [1.807, 2.05) is 0 Å². The van der Waals surface area contributed by atoms with Gasteiger partial charge in [-0.2, -0.15) is 0 Å². The Morgan fingerprint density at radius 1 is 0.909 bits per heavy atom. The van der Waals surface area contributed by atoms with Crippen molar-refractivity contribution in [3.63, 3.8) is 0 Å². The predicted octanol–water partition coefficient (Wildman–Crippen LogP) is 8.68. The number of carbonyl (C=O) groups is 1. The van der Waals surface area contributed by atoms with Crippen molar-refractivity contribution in [2.24, 2.45) is 58.2 Å². The minimum absolute atomic E-state index is 0.0875. The lowest BCUT2D eigenvalue weighted by atomic mass is 9.44. The smallest absolute Gasteiger partial charge is 0.302 e. The fourth-order valence-corrected chi connectivity index (χ4v) is 10.2. The number of carbonyl (C=O) groups excluding carboxylic acids is 1. The molecule has 33 heavy (non-hydrogen) atoms. The van der Waals surface area contributed by atoms with E-state index in [4.69, 9.17) is 4.74 Å². The fraction of sp³-hybridized carbons (Fsp3) is 0.968. The van der Waals surface area contributed by atoms with Crippen LogP contribution in [0.2, 0.25) is 0 Å². The van der Waals surface area contributed by atoms with E-state index >= 15 is 0 Å². The molecule has 0 saturated heterocycles. The summed E-state index contributed by atoms with van der Waals surface area (Å²) in [6.45, 7) is 16.8. The van der Waals surface area contributed by atoms with E-state index in [0.717, 1.165) is 60.2 Å². The first-order valence-electron chi connectivity index (χ1n) is 14.8. The molecule has 2 heteroatoms. The van der Waals surface area contributed by atoms with Crippen LogP contribution in [0.3, 0.4) is 0 Å². The molecule has 4 aliphatic carbocycles. The van der Waals surface area contributed by atoms with Crippen molar-refractivity contribution in [2.45, 2.75) is 132 Å². The first-order chi connectivity index (χ1) is 15.6. The van der Waals surface area contributed by atoms with Crippen molar-refractivity contribution in [1.29, 1.82) is 0 Å². The van der Waals surface area contributed by atoms with Crippen LogP contribution in [0.5, 0.6) is 0 Å². The Labute approximate surface area is 205 Å². The quantitative estimate of drug-likeness (QED) is 0.357. The van der Waals surface area contributed by atoms with Crippen molar-refractivity contribution >= 4 is 5.97 Å². The van der Waals surface area contributed by atoms with Gasteiger partial charge in [0.15, 0.2) is 0 Å². The lowest BCUT2D eigenvalue weighted by molar-refractivity contribution is -0.160. The Morgan fingerprint density at radius 2 is 1.61 bits per heavy atom. The van der Waals surface area contributed by atoms with Gasteiger partial charge < -0.3 is 4.74 Å². The zero-order chi connectivity index (χ0) is 24.0. The van der Waals surface area contributed by atoms with Crippen molar-refractivity contribution in [3.05, 3.63) is 0 Å². The summed E-state index contributed by atoms with van der Waals surface area (Å²) < 4.78 is 5.67. The summed E-state index contributed by atoms with van der Waals surface area (Å²) in [6.07, 6.45) is 16.6. The molecule has 0 N–H and O–H groups in total. The van der Waals surface area contributed by atoms with Gasteiger partial charge in [0.25, 0.3) is 0 Å². The summed E-state index contributed by atoms with van der Waals surface area (Å²) in [4.78, 5) is 11.5. The zero-order valence-electron chi connectivity index (χ0n) is 23.0. The summed E-state index contributed by atoms with van der Waals surface area (Å²) in [5.74, 6) is 7.06. The third-order valence-electron chi connectivity index (χ3n) is 12.2. The standard InChI is InChI=1S/C31H54O2/c1-8-23(20(2)3)10-9-21(4)27-13-14-28-26-12-11-24-19-25(33-22(5)32)15-17-30(24,6)29(26)16-18-31(27,28)7/h20-21,23-29H,8-19H2,1-7H3/t21-,23?,24+,25?,26?,27?,28?,29?,30?,31?/m1/s1. The molecule has 4 rings (SSSR count). The molecule has 0 aromatic heterocycles. The molecule has 0 amide bonds. The Kier molecular flexibility index (Phi) is 7.63. The van der Waals surface area contributed by atoms with Gasteiger partial charge in [-0.25, -0.2) is 0 Å². The summed E-state index contributed by atoms with van der Waals surface area (Å²) in [5, 5.41) is 0. The van der Waals surface area contributed by atoms with Gasteiger partial charge in [-0.05, 0) is 122 Å². The predicted molar refractivity (Wildman–Crippen MR) is 138 cm³/mol. The maximum atomic E-state index is 11.5. The minimum Gasteiger partial charge on any atom is -0.463 e. The SMILES string of the molecule is CCC(CC[C@@H](C)C1CCC2C3CC[C@H]4CC(OC(C)=O)CCC4(C)C3CCC21C)C(C)C. The monoisotopic (exact) mass is 458 g/mol. The zero-order valence-corrected chi connectivity index (χ0v) is 23.0. The van der Waals surface area contributed by atoms with Crippen LogP contribution in [0.15, 0.2) is 0 Å². The van der Waals surface area contributed by atoms with Crippen LogP contribution in [-0.2, 0) is 9.53 Å². The molecule has 0 aromatic carbocycles. The molecule has 4 saturated carbocycles. The first-order valence-corrected chi connectivity index (χ1v) is 14.8. The molecule has 8 unspecified atom stereocenters. The fourth-order valence-electron chi connectivity index (χ4n) is 10.2. The van der Waals surface area contributed by atoms with Crippen LogP contribution in [0.4, 0.5) is 0 Å². The molecule has 10 atom stereocenters. The van der Waals surface area contributed by atoms with E-state index in [1.165, 1.54) is 64.2 Å². The molecule has 0 aromatic rings. The van der Waals surface area contributed by atoms with Crippen LogP contribution in [0.1, 0.15) is 126 Å². The summed E-state index contributed by atoms with van der Waals surface area (Å²) in [6, 6.07) is 0. The second kappa shape index (κ2) is 9.85. The number of ether oxygens (including phenoxy) is 1. The van der Waals surface area contributed by atoms with Crippen molar-refractivity contribution in [2.75, 3.05) is 0 Å². The van der Waals surface area contributed by atoms with Gasteiger partial charge in [0.05, 0.1) is 0 Å². The van der Waals surface area contributed by atoms with E-state index < -0.39 is 0 Å². The molecule has 2 nitrogen and oxygen atoms in total. The molecule has 0 heterocycles. The summed E-state index contributed by atoms with van der Waals surface area (Å²) in [7, 11) is 0. The normalized spacial score (nSPS) is 44.5. The number of esters is 1. The highest BCUT2D eigenvalue weighted by atomic mass is 16.5. The van der Waals surface area contributed by atoms with Crippen LogP contribution in [-0.4, -0.2) is 12.1 Å². The van der Waals surface area contributed by atoms with Gasteiger partial charge in [-0.3, -0.25) is 4.79 Å². The lowest BCUT2D eigenvalue weighted by Gasteiger charge is -2.61. The second-order valence-corrected chi connectivity index (χ2v) is 13.9. The summed E-state index contributed by atoms with van der Waals surface area (Å²) >= 11 is 0. The molecular weight excluding hydrogens is 404 g/mol. The Balaban J connectivity index is 1.42. The number of fused-ring (bicyclic) bond motifs is 5. The number of rotatable bonds is 7. The molecule has 0 spiro atoms. The largest absolute Gasteiger partial charge is 0.463 e. The highest BCUT2D eigenvalue weighted by Gasteiger charge is 2.60. The van der Waals surface area contributed by atoms with Gasteiger partial charge in [0.2, 0.25) is 0 Å². The first kappa shape index (κ1) is 25.6. The van der Waals surface area contributed by atoms with E-state index in [9.17, 15) is 4.79 Å². The van der Waals surface area contributed by atoms with Gasteiger partial charge in [-0.1, -0.05) is 54.4 Å². The Hall–Kier alpha value is -0.530. The topological polar surface area (TPSA) is 26.3 Å². The van der Waals surface area contributed by atoms with Gasteiger partial charge >= 0.3 is 5.97 Å². The van der Waals surface area contributed by atoms with Crippen LogP contribution in [0, 0.1) is 58.2 Å². The van der Waals surface area contributed by atoms with Gasteiger partial charge in [-0.15, -0.1) is 0 Å². The molecule has 4 fully saturated rings. The van der Waals surface area contributed by atoms with Crippen molar-refractivity contribution < 1.29 is 9.53 Å². The molecule has 4 aliphatic rings. The maximum absolute atomic E-state index is 11.5. The molecular formula is C31H54O2. The average molecular weight is 459 g/mol.